The van der Waals surface area contributed by atoms with Gasteiger partial charge in [-0.1, -0.05) is 12.1 Å². The van der Waals surface area contributed by atoms with E-state index in [1.165, 1.54) is 0 Å². The van der Waals surface area contributed by atoms with Crippen LogP contribution in [-0.2, 0) is 6.54 Å². The summed E-state index contributed by atoms with van der Waals surface area (Å²) in [6.45, 7) is 1.60. The number of alkyl halides is 2. The fourth-order valence-corrected chi connectivity index (χ4v) is 2.67. The second-order valence-electron chi connectivity index (χ2n) is 6.00. The molecule has 5 nitrogen and oxygen atoms in total. The highest BCUT2D eigenvalue weighted by Gasteiger charge is 2.20. The molecular weight excluding hydrogens is 392 g/mol. The summed E-state index contributed by atoms with van der Waals surface area (Å²) in [4.78, 5) is 26.0. The normalized spacial score (nSPS) is 10.7. The molecule has 0 radical (unpaired) electrons. The largest absolute Gasteiger partial charge is 0.435 e. The number of hydrogen-bond acceptors (Lipinski definition) is 3. The highest BCUT2D eigenvalue weighted by atomic mass is 19.3. The van der Waals surface area contributed by atoms with Crippen LogP contribution >= 0.6 is 0 Å². The van der Waals surface area contributed by atoms with Crippen molar-refractivity contribution < 1.29 is 31.9 Å². The molecule has 0 bridgehead atoms. The molecule has 0 aliphatic heterocycles. The fraction of sp³-hybridized carbons (Fsp3) is 0.300. The molecule has 0 aliphatic carbocycles. The Morgan fingerprint density at radius 2 is 1.59 bits per heavy atom. The zero-order chi connectivity index (χ0) is 21.6. The first-order valence-electron chi connectivity index (χ1n) is 8.87. The zero-order valence-corrected chi connectivity index (χ0v) is 15.8. The Hall–Kier alpha value is -3.10. The molecule has 0 fully saturated rings. The molecule has 0 aromatic heterocycles. The van der Waals surface area contributed by atoms with Crippen LogP contribution in [-0.4, -0.2) is 36.4 Å². The lowest BCUT2D eigenvalue weighted by Crippen LogP contribution is -2.30. The van der Waals surface area contributed by atoms with E-state index in [1.54, 1.807) is 29.2 Å². The van der Waals surface area contributed by atoms with Crippen molar-refractivity contribution >= 4 is 11.8 Å². The van der Waals surface area contributed by atoms with E-state index in [2.05, 4.69) is 10.1 Å². The third-order valence-corrected chi connectivity index (χ3v) is 4.17. The van der Waals surface area contributed by atoms with Crippen molar-refractivity contribution in [3.63, 3.8) is 0 Å². The number of halogens is 4. The Morgan fingerprint density at radius 3 is 2.07 bits per heavy atom. The molecule has 2 aromatic carbocycles. The minimum Gasteiger partial charge on any atom is -0.435 e. The van der Waals surface area contributed by atoms with Crippen LogP contribution in [0, 0.1) is 11.6 Å². The van der Waals surface area contributed by atoms with Crippen LogP contribution in [0.15, 0.2) is 36.4 Å². The van der Waals surface area contributed by atoms with E-state index in [0.717, 1.165) is 0 Å². The lowest BCUT2D eigenvalue weighted by molar-refractivity contribution is -0.0501. The van der Waals surface area contributed by atoms with E-state index in [1.807, 2.05) is 13.8 Å². The molecule has 29 heavy (non-hydrogen) atoms. The molecule has 2 amide bonds. The highest BCUT2D eigenvalue weighted by molar-refractivity contribution is 5.95. The second kappa shape index (κ2) is 9.90. The molecule has 0 saturated carbocycles. The van der Waals surface area contributed by atoms with E-state index in [-0.39, 0.29) is 12.5 Å². The number of amides is 2. The van der Waals surface area contributed by atoms with Crippen molar-refractivity contribution in [3.05, 3.63) is 64.7 Å². The molecule has 0 spiro atoms. The van der Waals surface area contributed by atoms with Crippen LogP contribution in [0.4, 0.5) is 17.6 Å². The van der Waals surface area contributed by atoms with Crippen molar-refractivity contribution in [3.8, 4) is 5.75 Å². The Morgan fingerprint density at radius 1 is 1.03 bits per heavy atom. The van der Waals surface area contributed by atoms with E-state index in [4.69, 9.17) is 0 Å². The lowest BCUT2D eigenvalue weighted by atomic mass is 10.1. The predicted molar refractivity (Wildman–Crippen MR) is 97.9 cm³/mol. The number of benzene rings is 2. The molecule has 1 N–H and O–H groups in total. The molecule has 0 saturated heterocycles. The van der Waals surface area contributed by atoms with Gasteiger partial charge in [-0.15, -0.1) is 0 Å². The van der Waals surface area contributed by atoms with Crippen LogP contribution in [0.1, 0.15) is 40.1 Å². The average molecular weight is 412 g/mol. The summed E-state index contributed by atoms with van der Waals surface area (Å²) in [6.07, 6.45) is 0. The molecule has 9 heteroatoms. The molecule has 0 unspecified atom stereocenters. The van der Waals surface area contributed by atoms with Gasteiger partial charge < -0.3 is 15.0 Å². The molecule has 0 heterocycles. The Labute approximate surface area is 165 Å². The first-order valence-corrected chi connectivity index (χ1v) is 8.87. The number of carbonyl (C=O) groups is 2. The molecule has 156 valence electrons. The van der Waals surface area contributed by atoms with Gasteiger partial charge in [0.15, 0.2) is 0 Å². The number of rotatable bonds is 8. The minimum absolute atomic E-state index is 0.0489. The van der Waals surface area contributed by atoms with Crippen molar-refractivity contribution in [1.29, 1.82) is 0 Å². The number of carbonyl (C=O) groups excluding carboxylic acids is 2. The predicted octanol–water partition coefficient (Wildman–Crippen LogP) is 3.98. The maximum absolute atomic E-state index is 14.0. The van der Waals surface area contributed by atoms with Gasteiger partial charge in [-0.2, -0.15) is 8.78 Å². The highest BCUT2D eigenvalue weighted by Crippen LogP contribution is 2.22. The number of nitrogens with one attached hydrogen (secondary N) is 1. The summed E-state index contributed by atoms with van der Waals surface area (Å²) in [5.74, 6) is -4.54. The van der Waals surface area contributed by atoms with Gasteiger partial charge in [0.05, 0.1) is 0 Å². The van der Waals surface area contributed by atoms with Crippen LogP contribution in [0.2, 0.25) is 0 Å². The maximum Gasteiger partial charge on any atom is 0.387 e. The first-order chi connectivity index (χ1) is 13.8. The van der Waals surface area contributed by atoms with Gasteiger partial charge in [0, 0.05) is 37.3 Å². The SMILES string of the molecule is CCN(CC)C(=O)c1ccc(CNC(=O)c2c(F)cc(OC(F)F)cc2F)cc1. The topological polar surface area (TPSA) is 58.6 Å². The smallest absolute Gasteiger partial charge is 0.387 e. The molecular formula is C20H20F4N2O3. The summed E-state index contributed by atoms with van der Waals surface area (Å²) in [7, 11) is 0. The molecule has 0 atom stereocenters. The van der Waals surface area contributed by atoms with E-state index in [0.29, 0.717) is 36.3 Å². The minimum atomic E-state index is -3.25. The summed E-state index contributed by atoms with van der Waals surface area (Å²) in [5, 5.41) is 2.35. The lowest BCUT2D eigenvalue weighted by Gasteiger charge is -2.18. The van der Waals surface area contributed by atoms with Gasteiger partial charge in [-0.25, -0.2) is 8.78 Å². The van der Waals surface area contributed by atoms with Gasteiger partial charge in [0.1, 0.15) is 22.9 Å². The van der Waals surface area contributed by atoms with Gasteiger partial charge in [-0.05, 0) is 31.5 Å². The van der Waals surface area contributed by atoms with Crippen molar-refractivity contribution in [1.82, 2.24) is 10.2 Å². The standard InChI is InChI=1S/C20H20F4N2O3/c1-3-26(4-2)19(28)13-7-5-12(6-8-13)11-25-18(27)17-15(21)9-14(10-16(17)22)29-20(23)24/h5-10,20H,3-4,11H2,1-2H3,(H,25,27). The Bertz CT molecular complexity index is 846. The van der Waals surface area contributed by atoms with Crippen LogP contribution in [0.25, 0.3) is 0 Å². The van der Waals surface area contributed by atoms with Gasteiger partial charge >= 0.3 is 6.61 Å². The van der Waals surface area contributed by atoms with E-state index in [9.17, 15) is 27.2 Å². The fourth-order valence-electron chi connectivity index (χ4n) is 2.67. The molecule has 2 rings (SSSR count). The van der Waals surface area contributed by atoms with Crippen molar-refractivity contribution in [2.24, 2.45) is 0 Å². The Balaban J connectivity index is 2.05. The summed E-state index contributed by atoms with van der Waals surface area (Å²) in [5.41, 5.74) is 0.184. The zero-order valence-electron chi connectivity index (χ0n) is 15.8. The number of hydrogen-bond donors (Lipinski definition) is 1. The van der Waals surface area contributed by atoms with Crippen LogP contribution < -0.4 is 10.1 Å². The third-order valence-electron chi connectivity index (χ3n) is 4.17. The average Bonchev–Trinajstić information content (AvgIpc) is 2.66. The van der Waals surface area contributed by atoms with E-state index >= 15 is 0 Å². The Kier molecular flexibility index (Phi) is 7.58. The maximum atomic E-state index is 14.0. The van der Waals surface area contributed by atoms with Crippen LogP contribution in [0.5, 0.6) is 5.75 Å². The molecule has 2 aromatic rings. The van der Waals surface area contributed by atoms with Gasteiger partial charge in [0.2, 0.25) is 0 Å². The van der Waals surface area contributed by atoms with Crippen LogP contribution in [0.3, 0.4) is 0 Å². The summed E-state index contributed by atoms with van der Waals surface area (Å²) >= 11 is 0. The van der Waals surface area contributed by atoms with Crippen molar-refractivity contribution in [2.45, 2.75) is 27.0 Å². The van der Waals surface area contributed by atoms with Gasteiger partial charge in [-0.3, -0.25) is 9.59 Å². The van der Waals surface area contributed by atoms with Gasteiger partial charge in [0.25, 0.3) is 11.8 Å². The monoisotopic (exact) mass is 412 g/mol. The third kappa shape index (κ3) is 5.69. The van der Waals surface area contributed by atoms with Crippen molar-refractivity contribution in [2.75, 3.05) is 13.1 Å². The second-order valence-corrected chi connectivity index (χ2v) is 6.00. The summed E-state index contributed by atoms with van der Waals surface area (Å²) in [6, 6.07) is 7.45. The number of ether oxygens (including phenoxy) is 1. The molecule has 0 aliphatic rings. The summed E-state index contributed by atoms with van der Waals surface area (Å²) < 4.78 is 56.1. The first kappa shape index (κ1) is 22.2. The number of nitrogens with zero attached hydrogens (tertiary/aromatic N) is 1. The quantitative estimate of drug-likeness (QED) is 0.668. The van der Waals surface area contributed by atoms with E-state index < -0.39 is 35.5 Å².